The maximum Gasteiger partial charge on any atom is 0.243 e. The number of nitrogens with one attached hydrogen (secondary N) is 3. The number of benzene rings is 2. The van der Waals surface area contributed by atoms with E-state index in [0.717, 1.165) is 12.1 Å². The first kappa shape index (κ1) is 22.2. The summed E-state index contributed by atoms with van der Waals surface area (Å²) < 4.78 is 10.9. The standard InChI is InChI=1S/C22H29N3O4/c1-3-8-21(26)24-18-10-7-9-17(15-18)23-16-22(27)25-19-11-5-6-12-20(19)29-14-13-28-4-2/h5-7,9-12,15,23H,3-4,8,13-14,16H2,1-2H3,(H,24,26)(H,25,27). The number of rotatable bonds is 12. The molecule has 0 aliphatic carbocycles. The Morgan fingerprint density at radius 2 is 1.69 bits per heavy atom. The summed E-state index contributed by atoms with van der Waals surface area (Å²) in [6.07, 6.45) is 1.27. The predicted molar refractivity (Wildman–Crippen MR) is 116 cm³/mol. The quantitative estimate of drug-likeness (QED) is 0.471. The fraction of sp³-hybridized carbons (Fsp3) is 0.364. The summed E-state index contributed by atoms with van der Waals surface area (Å²) in [5.41, 5.74) is 2.05. The lowest BCUT2D eigenvalue weighted by molar-refractivity contribution is -0.116. The van der Waals surface area contributed by atoms with Crippen molar-refractivity contribution in [1.82, 2.24) is 0 Å². The Morgan fingerprint density at radius 1 is 0.897 bits per heavy atom. The van der Waals surface area contributed by atoms with Crippen molar-refractivity contribution >= 4 is 28.9 Å². The molecular formula is C22H29N3O4. The Hall–Kier alpha value is -3.06. The number of amides is 2. The van der Waals surface area contributed by atoms with E-state index in [-0.39, 0.29) is 18.4 Å². The van der Waals surface area contributed by atoms with Gasteiger partial charge in [0.25, 0.3) is 0 Å². The Labute approximate surface area is 171 Å². The summed E-state index contributed by atoms with van der Waals surface area (Å²) in [4.78, 5) is 24.1. The summed E-state index contributed by atoms with van der Waals surface area (Å²) >= 11 is 0. The average Bonchev–Trinajstić information content (AvgIpc) is 2.71. The van der Waals surface area contributed by atoms with Gasteiger partial charge in [-0.05, 0) is 43.7 Å². The molecular weight excluding hydrogens is 370 g/mol. The fourth-order valence-electron chi connectivity index (χ4n) is 2.58. The molecule has 7 heteroatoms. The van der Waals surface area contributed by atoms with Gasteiger partial charge in [-0.25, -0.2) is 0 Å². The van der Waals surface area contributed by atoms with E-state index < -0.39 is 0 Å². The predicted octanol–water partition coefficient (Wildman–Crippen LogP) is 3.89. The van der Waals surface area contributed by atoms with Crippen LogP contribution >= 0.6 is 0 Å². The highest BCUT2D eigenvalue weighted by Crippen LogP contribution is 2.23. The van der Waals surface area contributed by atoms with Crippen LogP contribution in [0.5, 0.6) is 5.75 Å². The third-order valence-electron chi connectivity index (χ3n) is 3.93. The maximum atomic E-state index is 12.3. The van der Waals surface area contributed by atoms with Gasteiger partial charge in [-0.3, -0.25) is 9.59 Å². The van der Waals surface area contributed by atoms with Crippen molar-refractivity contribution in [3.8, 4) is 5.75 Å². The van der Waals surface area contributed by atoms with E-state index in [1.54, 1.807) is 18.2 Å². The van der Waals surface area contributed by atoms with E-state index >= 15 is 0 Å². The second-order valence-electron chi connectivity index (χ2n) is 6.32. The normalized spacial score (nSPS) is 10.3. The molecule has 0 aliphatic heterocycles. The van der Waals surface area contributed by atoms with Crippen LogP contribution in [0.25, 0.3) is 0 Å². The van der Waals surface area contributed by atoms with Crippen molar-refractivity contribution in [2.24, 2.45) is 0 Å². The van der Waals surface area contributed by atoms with Gasteiger partial charge in [-0.15, -0.1) is 0 Å². The van der Waals surface area contributed by atoms with Crippen LogP contribution in [-0.2, 0) is 14.3 Å². The zero-order valence-electron chi connectivity index (χ0n) is 17.0. The molecule has 0 saturated heterocycles. The number of para-hydroxylation sites is 2. The van der Waals surface area contributed by atoms with E-state index in [0.29, 0.717) is 43.4 Å². The van der Waals surface area contributed by atoms with E-state index in [2.05, 4.69) is 16.0 Å². The SMILES string of the molecule is CCCC(=O)Nc1cccc(NCC(=O)Nc2ccccc2OCCOCC)c1. The molecule has 156 valence electrons. The molecule has 0 fully saturated rings. The number of hydrogen-bond donors (Lipinski definition) is 3. The van der Waals surface area contributed by atoms with E-state index in [9.17, 15) is 9.59 Å². The molecule has 2 aromatic rings. The molecule has 0 atom stereocenters. The van der Waals surface area contributed by atoms with Gasteiger partial charge in [-0.2, -0.15) is 0 Å². The van der Waals surface area contributed by atoms with Crippen LogP contribution < -0.4 is 20.7 Å². The highest BCUT2D eigenvalue weighted by Gasteiger charge is 2.08. The molecule has 7 nitrogen and oxygen atoms in total. The highest BCUT2D eigenvalue weighted by atomic mass is 16.5. The van der Waals surface area contributed by atoms with Gasteiger partial charge >= 0.3 is 0 Å². The second kappa shape index (κ2) is 12.4. The Balaban J connectivity index is 1.86. The molecule has 3 N–H and O–H groups in total. The zero-order valence-corrected chi connectivity index (χ0v) is 17.0. The van der Waals surface area contributed by atoms with Gasteiger partial charge in [0, 0.05) is 24.4 Å². The Kier molecular flexibility index (Phi) is 9.51. The number of carbonyl (C=O) groups excluding carboxylic acids is 2. The maximum absolute atomic E-state index is 12.3. The molecule has 0 bridgehead atoms. The first-order valence-electron chi connectivity index (χ1n) is 9.85. The number of carbonyl (C=O) groups is 2. The summed E-state index contributed by atoms with van der Waals surface area (Å²) in [6, 6.07) is 14.6. The lowest BCUT2D eigenvalue weighted by atomic mass is 10.2. The zero-order chi connectivity index (χ0) is 20.9. The third-order valence-corrected chi connectivity index (χ3v) is 3.93. The largest absolute Gasteiger partial charge is 0.489 e. The van der Waals surface area contributed by atoms with Gasteiger partial charge in [0.15, 0.2) is 0 Å². The topological polar surface area (TPSA) is 88.7 Å². The van der Waals surface area contributed by atoms with Gasteiger partial charge in [0.1, 0.15) is 12.4 Å². The molecule has 2 amide bonds. The van der Waals surface area contributed by atoms with Gasteiger partial charge in [0.05, 0.1) is 18.8 Å². The molecule has 2 aromatic carbocycles. The minimum Gasteiger partial charge on any atom is -0.489 e. The summed E-state index contributed by atoms with van der Waals surface area (Å²) in [5, 5.41) is 8.75. The minimum atomic E-state index is -0.203. The van der Waals surface area contributed by atoms with Gasteiger partial charge < -0.3 is 25.4 Å². The first-order valence-corrected chi connectivity index (χ1v) is 9.85. The van der Waals surface area contributed by atoms with Crippen LogP contribution in [0, 0.1) is 0 Å². The molecule has 0 spiro atoms. The van der Waals surface area contributed by atoms with Crippen LogP contribution in [0.2, 0.25) is 0 Å². The van der Waals surface area contributed by atoms with Crippen molar-refractivity contribution in [2.75, 3.05) is 42.3 Å². The van der Waals surface area contributed by atoms with Crippen molar-refractivity contribution in [2.45, 2.75) is 26.7 Å². The third kappa shape index (κ3) is 8.23. The number of ether oxygens (including phenoxy) is 2. The Bertz CT molecular complexity index is 795. The molecule has 29 heavy (non-hydrogen) atoms. The Morgan fingerprint density at radius 3 is 2.48 bits per heavy atom. The van der Waals surface area contributed by atoms with Gasteiger partial charge in [-0.1, -0.05) is 25.1 Å². The van der Waals surface area contributed by atoms with Crippen molar-refractivity contribution < 1.29 is 19.1 Å². The van der Waals surface area contributed by atoms with Crippen molar-refractivity contribution in [3.63, 3.8) is 0 Å². The van der Waals surface area contributed by atoms with Crippen molar-refractivity contribution in [3.05, 3.63) is 48.5 Å². The molecule has 0 aromatic heterocycles. The van der Waals surface area contributed by atoms with E-state index in [1.165, 1.54) is 0 Å². The summed E-state index contributed by atoms with van der Waals surface area (Å²) in [6.45, 7) is 5.51. The summed E-state index contributed by atoms with van der Waals surface area (Å²) in [7, 11) is 0. The van der Waals surface area contributed by atoms with E-state index in [1.807, 2.05) is 44.2 Å². The lowest BCUT2D eigenvalue weighted by Gasteiger charge is -2.13. The number of anilines is 3. The molecule has 0 unspecified atom stereocenters. The van der Waals surface area contributed by atoms with Gasteiger partial charge in [0.2, 0.25) is 11.8 Å². The van der Waals surface area contributed by atoms with Crippen LogP contribution in [-0.4, -0.2) is 38.2 Å². The minimum absolute atomic E-state index is 0.0247. The summed E-state index contributed by atoms with van der Waals surface area (Å²) in [5.74, 6) is 0.371. The molecule has 0 heterocycles. The fourth-order valence-corrected chi connectivity index (χ4v) is 2.58. The van der Waals surface area contributed by atoms with Crippen LogP contribution in [0.1, 0.15) is 26.7 Å². The van der Waals surface area contributed by atoms with Crippen LogP contribution in [0.4, 0.5) is 17.1 Å². The first-order chi connectivity index (χ1) is 14.1. The lowest BCUT2D eigenvalue weighted by Crippen LogP contribution is -2.22. The van der Waals surface area contributed by atoms with Crippen molar-refractivity contribution in [1.29, 1.82) is 0 Å². The van der Waals surface area contributed by atoms with E-state index in [4.69, 9.17) is 9.47 Å². The number of hydrogen-bond acceptors (Lipinski definition) is 5. The second-order valence-corrected chi connectivity index (χ2v) is 6.32. The highest BCUT2D eigenvalue weighted by molar-refractivity contribution is 5.95. The molecule has 0 radical (unpaired) electrons. The van der Waals surface area contributed by atoms with Crippen LogP contribution in [0.3, 0.4) is 0 Å². The monoisotopic (exact) mass is 399 g/mol. The average molecular weight is 399 g/mol. The smallest absolute Gasteiger partial charge is 0.243 e. The molecule has 0 aliphatic rings. The molecule has 0 saturated carbocycles. The van der Waals surface area contributed by atoms with Crippen LogP contribution in [0.15, 0.2) is 48.5 Å². The molecule has 2 rings (SSSR count).